The molecule has 0 spiro atoms. The van der Waals surface area contributed by atoms with Gasteiger partial charge in [0, 0.05) is 25.5 Å². The van der Waals surface area contributed by atoms with E-state index in [2.05, 4.69) is 42.1 Å². The summed E-state index contributed by atoms with van der Waals surface area (Å²) in [5.74, 6) is 1.50. The zero-order valence-corrected chi connectivity index (χ0v) is 12.9. The number of benzene rings is 1. The second-order valence-corrected chi connectivity index (χ2v) is 6.15. The molecular weight excluding hydrogens is 262 g/mol. The normalized spacial score (nSPS) is 25.1. The van der Waals surface area contributed by atoms with Gasteiger partial charge in [0.25, 0.3) is 0 Å². The summed E-state index contributed by atoms with van der Waals surface area (Å²) in [7, 11) is 4.08. The minimum atomic E-state index is -0.428. The van der Waals surface area contributed by atoms with Gasteiger partial charge in [-0.05, 0) is 30.5 Å². The average molecular weight is 285 g/mol. The van der Waals surface area contributed by atoms with Crippen molar-refractivity contribution in [3.8, 4) is 0 Å². The largest absolute Gasteiger partial charge is 0.387 e. The summed E-state index contributed by atoms with van der Waals surface area (Å²) in [6, 6.07) is 8.39. The van der Waals surface area contributed by atoms with E-state index in [4.69, 9.17) is 0 Å². The fraction of sp³-hybridized carbons (Fsp3) is 0.471. The molecule has 0 aliphatic heterocycles. The highest BCUT2D eigenvalue weighted by Gasteiger charge is 2.34. The number of imidazole rings is 1. The lowest BCUT2D eigenvalue weighted by Crippen LogP contribution is -2.40. The first-order valence-corrected chi connectivity index (χ1v) is 7.51. The molecule has 1 aliphatic rings. The van der Waals surface area contributed by atoms with Gasteiger partial charge in [-0.3, -0.25) is 4.90 Å². The van der Waals surface area contributed by atoms with E-state index in [0.29, 0.717) is 5.92 Å². The van der Waals surface area contributed by atoms with Crippen molar-refractivity contribution >= 4 is 0 Å². The van der Waals surface area contributed by atoms with E-state index in [1.165, 1.54) is 5.56 Å². The number of aliphatic hydroxyl groups excluding tert-OH is 1. The molecule has 3 unspecified atom stereocenters. The Morgan fingerprint density at radius 3 is 2.71 bits per heavy atom. The number of rotatable bonds is 3. The van der Waals surface area contributed by atoms with E-state index in [-0.39, 0.29) is 6.04 Å². The third kappa shape index (κ3) is 2.61. The van der Waals surface area contributed by atoms with Crippen molar-refractivity contribution in [1.29, 1.82) is 0 Å². The van der Waals surface area contributed by atoms with E-state index in [0.717, 1.165) is 24.4 Å². The molecule has 0 saturated heterocycles. The standard InChI is InChI=1S/C17H23N3O/c1-12-10-15(17(21)14-7-5-4-6-13(12)14)20(3)11-16-18-8-9-19(16)2/h4-9,12,15,17,21H,10-11H2,1-3H3. The van der Waals surface area contributed by atoms with Crippen molar-refractivity contribution in [2.45, 2.75) is 38.0 Å². The van der Waals surface area contributed by atoms with E-state index in [9.17, 15) is 5.11 Å². The van der Waals surface area contributed by atoms with E-state index in [1.54, 1.807) is 0 Å². The lowest BCUT2D eigenvalue weighted by Gasteiger charge is -2.39. The van der Waals surface area contributed by atoms with Crippen LogP contribution in [0.4, 0.5) is 0 Å². The van der Waals surface area contributed by atoms with Gasteiger partial charge < -0.3 is 9.67 Å². The van der Waals surface area contributed by atoms with Gasteiger partial charge in [0.2, 0.25) is 0 Å². The fourth-order valence-electron chi connectivity index (χ4n) is 3.36. The molecule has 0 amide bonds. The van der Waals surface area contributed by atoms with Crippen LogP contribution in [-0.2, 0) is 13.6 Å². The van der Waals surface area contributed by atoms with Crippen LogP contribution in [0.25, 0.3) is 0 Å². The molecule has 4 nitrogen and oxygen atoms in total. The van der Waals surface area contributed by atoms with Crippen molar-refractivity contribution in [2.24, 2.45) is 7.05 Å². The van der Waals surface area contributed by atoms with Gasteiger partial charge in [-0.2, -0.15) is 0 Å². The Labute approximate surface area is 126 Å². The van der Waals surface area contributed by atoms with Crippen LogP contribution in [0.5, 0.6) is 0 Å². The maximum Gasteiger partial charge on any atom is 0.122 e. The van der Waals surface area contributed by atoms with Crippen LogP contribution < -0.4 is 0 Å². The molecule has 0 saturated carbocycles. The van der Waals surface area contributed by atoms with Crippen LogP contribution in [0.3, 0.4) is 0 Å². The molecule has 2 aromatic rings. The molecule has 0 radical (unpaired) electrons. The Morgan fingerprint density at radius 2 is 2.05 bits per heavy atom. The van der Waals surface area contributed by atoms with Crippen LogP contribution in [0.2, 0.25) is 0 Å². The second kappa shape index (κ2) is 5.62. The summed E-state index contributed by atoms with van der Waals surface area (Å²) in [5, 5.41) is 10.7. The number of fused-ring (bicyclic) bond motifs is 1. The number of aromatic nitrogens is 2. The van der Waals surface area contributed by atoms with Crippen molar-refractivity contribution in [3.63, 3.8) is 0 Å². The molecule has 0 fully saturated rings. The number of nitrogens with zero attached hydrogens (tertiary/aromatic N) is 3. The van der Waals surface area contributed by atoms with Crippen LogP contribution in [0.15, 0.2) is 36.7 Å². The maximum atomic E-state index is 10.7. The molecule has 1 aromatic carbocycles. The van der Waals surface area contributed by atoms with Gasteiger partial charge in [0.05, 0.1) is 12.6 Å². The first-order chi connectivity index (χ1) is 10.1. The number of aliphatic hydroxyl groups is 1. The van der Waals surface area contributed by atoms with Gasteiger partial charge in [-0.15, -0.1) is 0 Å². The van der Waals surface area contributed by atoms with E-state index >= 15 is 0 Å². The molecule has 21 heavy (non-hydrogen) atoms. The molecule has 112 valence electrons. The molecule has 1 N–H and O–H groups in total. The Bertz CT molecular complexity index is 622. The lowest BCUT2D eigenvalue weighted by molar-refractivity contribution is 0.0396. The number of likely N-dealkylation sites (N-methyl/N-ethyl adjacent to an activating group) is 1. The molecule has 1 heterocycles. The SMILES string of the molecule is CC1CC(N(C)Cc2nccn2C)C(O)c2ccccc21. The summed E-state index contributed by atoms with van der Waals surface area (Å²) in [6.45, 7) is 2.99. The molecule has 3 rings (SSSR count). The summed E-state index contributed by atoms with van der Waals surface area (Å²) in [4.78, 5) is 6.60. The fourth-order valence-corrected chi connectivity index (χ4v) is 3.36. The molecule has 0 bridgehead atoms. The van der Waals surface area contributed by atoms with E-state index in [1.807, 2.05) is 30.1 Å². The van der Waals surface area contributed by atoms with Crippen molar-refractivity contribution in [1.82, 2.24) is 14.5 Å². The first kappa shape index (κ1) is 14.3. The molecule has 1 aliphatic carbocycles. The average Bonchev–Trinajstić information content (AvgIpc) is 2.88. The minimum absolute atomic E-state index is 0.131. The molecule has 4 heteroatoms. The Hall–Kier alpha value is -1.65. The van der Waals surface area contributed by atoms with E-state index < -0.39 is 6.10 Å². The molecule has 3 atom stereocenters. The second-order valence-electron chi connectivity index (χ2n) is 6.15. The van der Waals surface area contributed by atoms with Crippen LogP contribution >= 0.6 is 0 Å². The predicted molar refractivity (Wildman–Crippen MR) is 82.9 cm³/mol. The number of aryl methyl sites for hydroxylation is 1. The Morgan fingerprint density at radius 1 is 1.33 bits per heavy atom. The first-order valence-electron chi connectivity index (χ1n) is 7.51. The number of hydrogen-bond donors (Lipinski definition) is 1. The van der Waals surface area contributed by atoms with Crippen molar-refractivity contribution in [3.05, 3.63) is 53.6 Å². The van der Waals surface area contributed by atoms with Crippen LogP contribution in [-0.4, -0.2) is 32.6 Å². The highest BCUT2D eigenvalue weighted by Crippen LogP contribution is 2.39. The van der Waals surface area contributed by atoms with Gasteiger partial charge in [-0.1, -0.05) is 31.2 Å². The zero-order chi connectivity index (χ0) is 15.0. The van der Waals surface area contributed by atoms with Gasteiger partial charge in [-0.25, -0.2) is 4.98 Å². The topological polar surface area (TPSA) is 41.3 Å². The summed E-state index contributed by atoms with van der Waals surface area (Å²) >= 11 is 0. The minimum Gasteiger partial charge on any atom is -0.387 e. The Kier molecular flexibility index (Phi) is 3.83. The Balaban J connectivity index is 1.82. The van der Waals surface area contributed by atoms with Crippen molar-refractivity contribution < 1.29 is 5.11 Å². The predicted octanol–water partition coefficient (Wildman–Crippen LogP) is 2.46. The highest BCUT2D eigenvalue weighted by atomic mass is 16.3. The van der Waals surface area contributed by atoms with Gasteiger partial charge >= 0.3 is 0 Å². The van der Waals surface area contributed by atoms with Crippen LogP contribution in [0.1, 0.15) is 42.3 Å². The smallest absolute Gasteiger partial charge is 0.122 e. The summed E-state index contributed by atoms with van der Waals surface area (Å²) < 4.78 is 2.03. The summed E-state index contributed by atoms with van der Waals surface area (Å²) in [6.07, 6.45) is 4.32. The maximum absolute atomic E-state index is 10.7. The quantitative estimate of drug-likeness (QED) is 0.942. The van der Waals surface area contributed by atoms with Crippen molar-refractivity contribution in [2.75, 3.05) is 7.05 Å². The van der Waals surface area contributed by atoms with Gasteiger partial charge in [0.1, 0.15) is 5.82 Å². The van der Waals surface area contributed by atoms with Gasteiger partial charge in [0.15, 0.2) is 0 Å². The van der Waals surface area contributed by atoms with Crippen LogP contribution in [0, 0.1) is 0 Å². The lowest BCUT2D eigenvalue weighted by atomic mass is 9.79. The molecular formula is C17H23N3O. The third-order valence-electron chi connectivity index (χ3n) is 4.68. The molecule has 1 aromatic heterocycles. The summed E-state index contributed by atoms with van der Waals surface area (Å²) in [5.41, 5.74) is 2.36. The zero-order valence-electron chi connectivity index (χ0n) is 12.9. The number of hydrogen-bond acceptors (Lipinski definition) is 3. The highest BCUT2D eigenvalue weighted by molar-refractivity contribution is 5.35. The monoisotopic (exact) mass is 285 g/mol. The third-order valence-corrected chi connectivity index (χ3v) is 4.68.